The Bertz CT molecular complexity index is 254. The molecule has 0 saturated heterocycles. The third-order valence-corrected chi connectivity index (χ3v) is 5.71. The van der Waals surface area contributed by atoms with Crippen molar-refractivity contribution in [2.45, 2.75) is 89.3 Å². The van der Waals surface area contributed by atoms with Gasteiger partial charge in [-0.25, -0.2) is 0 Å². The lowest BCUT2D eigenvalue weighted by Gasteiger charge is -2.44. The lowest BCUT2D eigenvalue weighted by Crippen LogP contribution is -2.53. The molecule has 19 heavy (non-hydrogen) atoms. The van der Waals surface area contributed by atoms with Crippen LogP contribution in [-0.2, 0) is 0 Å². The van der Waals surface area contributed by atoms with Gasteiger partial charge in [0.1, 0.15) is 0 Å². The quantitative estimate of drug-likeness (QED) is 0.835. The van der Waals surface area contributed by atoms with Gasteiger partial charge >= 0.3 is 0 Å². The van der Waals surface area contributed by atoms with Gasteiger partial charge in [0.25, 0.3) is 0 Å². The standard InChI is InChI=1S/C17H34N2/c1-14-10-8-9-12-16(14)19(3)17-13-7-5-4-6-11-15(17)18-2/h14-18H,4-13H2,1-3H3. The van der Waals surface area contributed by atoms with Gasteiger partial charge in [0.2, 0.25) is 0 Å². The number of hydrogen-bond acceptors (Lipinski definition) is 2. The van der Waals surface area contributed by atoms with Crippen LogP contribution < -0.4 is 5.32 Å². The van der Waals surface area contributed by atoms with Crippen molar-refractivity contribution >= 4 is 0 Å². The van der Waals surface area contributed by atoms with E-state index in [0.717, 1.165) is 18.0 Å². The zero-order valence-electron chi connectivity index (χ0n) is 13.3. The van der Waals surface area contributed by atoms with Crippen molar-refractivity contribution < 1.29 is 0 Å². The van der Waals surface area contributed by atoms with Gasteiger partial charge in [-0.05, 0) is 45.7 Å². The minimum absolute atomic E-state index is 0.708. The Morgan fingerprint density at radius 3 is 2.05 bits per heavy atom. The van der Waals surface area contributed by atoms with Gasteiger partial charge in [0.15, 0.2) is 0 Å². The molecule has 4 unspecified atom stereocenters. The molecule has 0 radical (unpaired) electrons. The fourth-order valence-corrected chi connectivity index (χ4v) is 4.44. The summed E-state index contributed by atoms with van der Waals surface area (Å²) < 4.78 is 0. The van der Waals surface area contributed by atoms with Crippen molar-refractivity contribution in [3.05, 3.63) is 0 Å². The first kappa shape index (κ1) is 15.3. The molecule has 0 spiro atoms. The zero-order valence-corrected chi connectivity index (χ0v) is 13.3. The van der Waals surface area contributed by atoms with E-state index in [4.69, 9.17) is 0 Å². The predicted octanol–water partition coefficient (Wildman–Crippen LogP) is 3.81. The maximum atomic E-state index is 3.61. The highest BCUT2D eigenvalue weighted by Gasteiger charge is 2.32. The highest BCUT2D eigenvalue weighted by atomic mass is 15.2. The van der Waals surface area contributed by atoms with Crippen LogP contribution in [0.5, 0.6) is 0 Å². The van der Waals surface area contributed by atoms with Crippen molar-refractivity contribution in [2.75, 3.05) is 14.1 Å². The van der Waals surface area contributed by atoms with Crippen LogP contribution >= 0.6 is 0 Å². The van der Waals surface area contributed by atoms with Gasteiger partial charge in [0.05, 0.1) is 0 Å². The van der Waals surface area contributed by atoms with Crippen LogP contribution in [0.2, 0.25) is 0 Å². The average Bonchev–Trinajstić information content (AvgIpc) is 2.39. The number of nitrogens with one attached hydrogen (secondary N) is 1. The highest BCUT2D eigenvalue weighted by molar-refractivity contribution is 4.89. The second kappa shape index (κ2) is 7.64. The summed E-state index contributed by atoms with van der Waals surface area (Å²) >= 11 is 0. The molecule has 1 N–H and O–H groups in total. The number of nitrogens with zero attached hydrogens (tertiary/aromatic N) is 1. The summed E-state index contributed by atoms with van der Waals surface area (Å²) in [5, 5.41) is 3.61. The van der Waals surface area contributed by atoms with Crippen molar-refractivity contribution in [1.29, 1.82) is 0 Å². The molecule has 112 valence electrons. The second-order valence-electron chi connectivity index (χ2n) is 6.95. The molecule has 2 heteroatoms. The molecule has 4 atom stereocenters. The maximum absolute atomic E-state index is 3.61. The van der Waals surface area contributed by atoms with Crippen molar-refractivity contribution in [2.24, 2.45) is 5.92 Å². The lowest BCUT2D eigenvalue weighted by molar-refractivity contribution is 0.0668. The van der Waals surface area contributed by atoms with E-state index in [2.05, 4.69) is 31.2 Å². The summed E-state index contributed by atoms with van der Waals surface area (Å²) in [5.74, 6) is 0.890. The first-order valence-corrected chi connectivity index (χ1v) is 8.63. The molecule has 0 aromatic rings. The molecule has 2 aliphatic rings. The molecule has 0 aromatic carbocycles. The molecule has 2 saturated carbocycles. The van der Waals surface area contributed by atoms with E-state index >= 15 is 0 Å². The van der Waals surface area contributed by atoms with Crippen LogP contribution in [0.4, 0.5) is 0 Å². The van der Waals surface area contributed by atoms with Gasteiger partial charge in [-0.15, -0.1) is 0 Å². The molecular formula is C17H34N2. The summed E-state index contributed by atoms with van der Waals surface area (Å²) in [4.78, 5) is 2.76. The third-order valence-electron chi connectivity index (χ3n) is 5.71. The molecule has 0 aliphatic heterocycles. The van der Waals surface area contributed by atoms with Gasteiger partial charge < -0.3 is 5.32 Å². The van der Waals surface area contributed by atoms with E-state index in [0.29, 0.717) is 6.04 Å². The lowest BCUT2D eigenvalue weighted by atomic mass is 9.82. The Kier molecular flexibility index (Phi) is 6.15. The number of hydrogen-bond donors (Lipinski definition) is 1. The van der Waals surface area contributed by atoms with E-state index in [1.807, 2.05) is 0 Å². The van der Waals surface area contributed by atoms with E-state index < -0.39 is 0 Å². The summed E-state index contributed by atoms with van der Waals surface area (Å²) in [7, 11) is 4.57. The minimum Gasteiger partial charge on any atom is -0.315 e. The monoisotopic (exact) mass is 266 g/mol. The van der Waals surface area contributed by atoms with Gasteiger partial charge in [0, 0.05) is 18.1 Å². The van der Waals surface area contributed by atoms with E-state index in [-0.39, 0.29) is 0 Å². The van der Waals surface area contributed by atoms with Crippen LogP contribution in [-0.4, -0.2) is 37.1 Å². The van der Waals surface area contributed by atoms with Crippen LogP contribution in [0.15, 0.2) is 0 Å². The van der Waals surface area contributed by atoms with Crippen LogP contribution in [0.1, 0.15) is 71.1 Å². The summed E-state index contributed by atoms with van der Waals surface area (Å²) in [6.07, 6.45) is 14.2. The van der Waals surface area contributed by atoms with E-state index in [1.54, 1.807) is 0 Å². The van der Waals surface area contributed by atoms with Crippen LogP contribution in [0, 0.1) is 5.92 Å². The molecule has 0 amide bonds. The Balaban J connectivity index is 2.01. The molecule has 2 rings (SSSR count). The van der Waals surface area contributed by atoms with Gasteiger partial charge in [-0.1, -0.05) is 45.4 Å². The summed E-state index contributed by atoms with van der Waals surface area (Å²) in [6, 6.07) is 2.30. The molecule has 2 nitrogen and oxygen atoms in total. The van der Waals surface area contributed by atoms with E-state index in [1.165, 1.54) is 64.2 Å². The Hall–Kier alpha value is -0.0800. The topological polar surface area (TPSA) is 15.3 Å². The van der Waals surface area contributed by atoms with Crippen molar-refractivity contribution in [3.63, 3.8) is 0 Å². The Morgan fingerprint density at radius 1 is 0.789 bits per heavy atom. The van der Waals surface area contributed by atoms with Gasteiger partial charge in [-0.2, -0.15) is 0 Å². The summed E-state index contributed by atoms with van der Waals surface area (Å²) in [5.41, 5.74) is 0. The summed E-state index contributed by atoms with van der Waals surface area (Å²) in [6.45, 7) is 2.47. The molecule has 0 aromatic heterocycles. The Morgan fingerprint density at radius 2 is 1.37 bits per heavy atom. The largest absolute Gasteiger partial charge is 0.315 e. The molecule has 0 heterocycles. The fraction of sp³-hybridized carbons (Fsp3) is 1.00. The zero-order chi connectivity index (χ0) is 13.7. The SMILES string of the molecule is CNC1CCCCCCC1N(C)C1CCCCC1C. The maximum Gasteiger partial charge on any atom is 0.0249 e. The molecular weight excluding hydrogens is 232 g/mol. The van der Waals surface area contributed by atoms with Crippen molar-refractivity contribution in [1.82, 2.24) is 10.2 Å². The van der Waals surface area contributed by atoms with Crippen LogP contribution in [0.25, 0.3) is 0 Å². The van der Waals surface area contributed by atoms with Gasteiger partial charge in [-0.3, -0.25) is 4.90 Å². The molecule has 2 aliphatic carbocycles. The number of likely N-dealkylation sites (N-methyl/N-ethyl adjacent to an activating group) is 2. The van der Waals surface area contributed by atoms with Crippen LogP contribution in [0.3, 0.4) is 0 Å². The highest BCUT2D eigenvalue weighted by Crippen LogP contribution is 2.31. The second-order valence-corrected chi connectivity index (χ2v) is 6.95. The fourth-order valence-electron chi connectivity index (χ4n) is 4.44. The first-order chi connectivity index (χ1) is 9.24. The minimum atomic E-state index is 0.708. The molecule has 0 bridgehead atoms. The smallest absolute Gasteiger partial charge is 0.0249 e. The third kappa shape index (κ3) is 3.95. The molecule has 2 fully saturated rings. The average molecular weight is 266 g/mol. The van der Waals surface area contributed by atoms with Crippen molar-refractivity contribution in [3.8, 4) is 0 Å². The predicted molar refractivity (Wildman–Crippen MR) is 83.5 cm³/mol. The van der Waals surface area contributed by atoms with E-state index in [9.17, 15) is 0 Å². The first-order valence-electron chi connectivity index (χ1n) is 8.63. The normalized spacial score (nSPS) is 37.9. The number of rotatable bonds is 3. The Labute approximate surface area is 120 Å².